The number of likely N-dealkylation sites (tertiary alicyclic amines) is 1. The predicted molar refractivity (Wildman–Crippen MR) is 110 cm³/mol. The fraction of sp³-hybridized carbons (Fsp3) is 0.333. The summed E-state index contributed by atoms with van der Waals surface area (Å²) in [6, 6.07) is 10.2. The van der Waals surface area contributed by atoms with Gasteiger partial charge in [-0.1, -0.05) is 12.1 Å². The highest BCUT2D eigenvalue weighted by atomic mass is 32.1. The van der Waals surface area contributed by atoms with Crippen molar-refractivity contribution in [2.45, 2.75) is 25.3 Å². The number of hydrogen-bond acceptors (Lipinski definition) is 6. The van der Waals surface area contributed by atoms with Crippen molar-refractivity contribution >= 4 is 28.6 Å². The van der Waals surface area contributed by atoms with Crippen LogP contribution in [0.1, 0.15) is 41.4 Å². The molecule has 0 aliphatic carbocycles. The van der Waals surface area contributed by atoms with Gasteiger partial charge in [0.15, 0.2) is 11.5 Å². The number of ether oxygens (including phenoxy) is 2. The van der Waals surface area contributed by atoms with Gasteiger partial charge in [-0.2, -0.15) is 0 Å². The van der Waals surface area contributed by atoms with Crippen LogP contribution in [0.3, 0.4) is 0 Å². The number of carbonyl (C=O) groups excluding carboxylic acids is 1. The van der Waals surface area contributed by atoms with Crippen LogP contribution in [-0.4, -0.2) is 35.5 Å². The second kappa shape index (κ2) is 7.56. The molecule has 0 saturated carbocycles. The SMILES string of the molecule is O=C(c1csc(-c2cccs2)n1)N1CCC[C@H]1c1ccc2c(c1)OCCCO2. The monoisotopic (exact) mass is 412 g/mol. The molecule has 7 heteroatoms. The van der Waals surface area contributed by atoms with Crippen molar-refractivity contribution in [1.29, 1.82) is 0 Å². The van der Waals surface area contributed by atoms with E-state index in [1.807, 2.05) is 39.9 Å². The molecule has 5 nitrogen and oxygen atoms in total. The van der Waals surface area contributed by atoms with Crippen LogP contribution >= 0.6 is 22.7 Å². The maximum atomic E-state index is 13.2. The molecule has 0 unspecified atom stereocenters. The summed E-state index contributed by atoms with van der Waals surface area (Å²) >= 11 is 3.17. The van der Waals surface area contributed by atoms with E-state index in [-0.39, 0.29) is 11.9 Å². The lowest BCUT2D eigenvalue weighted by Gasteiger charge is -2.25. The van der Waals surface area contributed by atoms with Crippen LogP contribution in [0.15, 0.2) is 41.1 Å². The smallest absolute Gasteiger partial charge is 0.273 e. The van der Waals surface area contributed by atoms with E-state index in [0.29, 0.717) is 18.9 Å². The Morgan fingerprint density at radius 2 is 2.00 bits per heavy atom. The second-order valence-electron chi connectivity index (χ2n) is 6.93. The number of rotatable bonds is 3. The number of fused-ring (bicyclic) bond motifs is 1. The van der Waals surface area contributed by atoms with Crippen LogP contribution in [0, 0.1) is 0 Å². The molecular weight excluding hydrogens is 392 g/mol. The Labute approximate surface area is 171 Å². The lowest BCUT2D eigenvalue weighted by molar-refractivity contribution is 0.0730. The Bertz CT molecular complexity index is 983. The lowest BCUT2D eigenvalue weighted by Crippen LogP contribution is -2.30. The minimum atomic E-state index is 0.00803. The average molecular weight is 413 g/mol. The molecule has 4 heterocycles. The molecule has 2 aliphatic heterocycles. The highest BCUT2D eigenvalue weighted by molar-refractivity contribution is 7.20. The van der Waals surface area contributed by atoms with Crippen molar-refractivity contribution in [1.82, 2.24) is 9.88 Å². The topological polar surface area (TPSA) is 51.7 Å². The summed E-state index contributed by atoms with van der Waals surface area (Å²) in [5.74, 6) is 1.58. The van der Waals surface area contributed by atoms with Gasteiger partial charge in [-0.15, -0.1) is 22.7 Å². The van der Waals surface area contributed by atoms with Crippen molar-refractivity contribution in [2.24, 2.45) is 0 Å². The molecule has 28 heavy (non-hydrogen) atoms. The van der Waals surface area contributed by atoms with Gasteiger partial charge in [0.05, 0.1) is 24.1 Å². The highest BCUT2D eigenvalue weighted by Gasteiger charge is 2.32. The van der Waals surface area contributed by atoms with E-state index in [1.165, 1.54) is 11.3 Å². The Balaban J connectivity index is 1.39. The molecule has 144 valence electrons. The molecule has 0 N–H and O–H groups in total. The molecule has 1 fully saturated rings. The van der Waals surface area contributed by atoms with Gasteiger partial charge >= 0.3 is 0 Å². The number of carbonyl (C=O) groups is 1. The highest BCUT2D eigenvalue weighted by Crippen LogP contribution is 2.39. The fourth-order valence-corrected chi connectivity index (χ4v) is 5.38. The van der Waals surface area contributed by atoms with Gasteiger partial charge in [-0.3, -0.25) is 4.79 Å². The van der Waals surface area contributed by atoms with Crippen LogP contribution in [-0.2, 0) is 0 Å². The summed E-state index contributed by atoms with van der Waals surface area (Å²) in [7, 11) is 0. The second-order valence-corrected chi connectivity index (χ2v) is 8.73. The van der Waals surface area contributed by atoms with Gasteiger partial charge in [0.2, 0.25) is 0 Å². The van der Waals surface area contributed by atoms with Crippen molar-refractivity contribution in [3.8, 4) is 21.4 Å². The van der Waals surface area contributed by atoms with Gasteiger partial charge in [-0.05, 0) is 42.0 Å². The van der Waals surface area contributed by atoms with Crippen LogP contribution in [0.25, 0.3) is 9.88 Å². The number of amides is 1. The zero-order valence-electron chi connectivity index (χ0n) is 15.3. The average Bonchev–Trinajstić information content (AvgIpc) is 3.46. The predicted octanol–water partition coefficient (Wildman–Crippen LogP) is 5.01. The molecule has 2 aromatic heterocycles. The van der Waals surface area contributed by atoms with Crippen LogP contribution in [0.4, 0.5) is 0 Å². The van der Waals surface area contributed by atoms with E-state index >= 15 is 0 Å². The third-order valence-electron chi connectivity index (χ3n) is 5.13. The fourth-order valence-electron chi connectivity index (χ4n) is 3.78. The van der Waals surface area contributed by atoms with E-state index in [4.69, 9.17) is 9.47 Å². The molecule has 1 amide bonds. The molecule has 3 aromatic rings. The maximum Gasteiger partial charge on any atom is 0.273 e. The first-order valence-corrected chi connectivity index (χ1v) is 11.3. The van der Waals surface area contributed by atoms with E-state index in [9.17, 15) is 4.79 Å². The van der Waals surface area contributed by atoms with E-state index in [2.05, 4.69) is 11.1 Å². The van der Waals surface area contributed by atoms with Crippen molar-refractivity contribution < 1.29 is 14.3 Å². The molecule has 0 bridgehead atoms. The summed E-state index contributed by atoms with van der Waals surface area (Å²) in [6.07, 6.45) is 2.83. The molecule has 2 aliphatic rings. The van der Waals surface area contributed by atoms with Gasteiger partial charge in [0, 0.05) is 18.3 Å². The molecule has 1 aromatic carbocycles. The van der Waals surface area contributed by atoms with Gasteiger partial charge in [0.25, 0.3) is 5.91 Å². The van der Waals surface area contributed by atoms with E-state index in [0.717, 1.165) is 52.8 Å². The number of benzene rings is 1. The van der Waals surface area contributed by atoms with Crippen LogP contribution in [0.5, 0.6) is 11.5 Å². The number of aromatic nitrogens is 1. The first-order chi connectivity index (χ1) is 13.8. The van der Waals surface area contributed by atoms with Gasteiger partial charge in [-0.25, -0.2) is 4.98 Å². The van der Waals surface area contributed by atoms with E-state index < -0.39 is 0 Å². The van der Waals surface area contributed by atoms with Crippen molar-refractivity contribution in [2.75, 3.05) is 19.8 Å². The number of hydrogen-bond donors (Lipinski definition) is 0. The largest absolute Gasteiger partial charge is 0.490 e. The Kier molecular flexibility index (Phi) is 4.78. The summed E-state index contributed by atoms with van der Waals surface area (Å²) in [5.41, 5.74) is 1.64. The summed E-state index contributed by atoms with van der Waals surface area (Å²) < 4.78 is 11.6. The molecule has 1 atom stereocenters. The lowest BCUT2D eigenvalue weighted by atomic mass is 10.0. The zero-order valence-corrected chi connectivity index (χ0v) is 16.9. The number of thiazole rings is 1. The minimum absolute atomic E-state index is 0.00803. The number of thiophene rings is 1. The summed E-state index contributed by atoms with van der Waals surface area (Å²) in [6.45, 7) is 2.09. The summed E-state index contributed by atoms with van der Waals surface area (Å²) in [4.78, 5) is 20.8. The minimum Gasteiger partial charge on any atom is -0.490 e. The summed E-state index contributed by atoms with van der Waals surface area (Å²) in [5, 5.41) is 4.81. The molecule has 0 spiro atoms. The van der Waals surface area contributed by atoms with Crippen LogP contribution in [0.2, 0.25) is 0 Å². The quantitative estimate of drug-likeness (QED) is 0.607. The van der Waals surface area contributed by atoms with Crippen molar-refractivity contribution in [3.05, 3.63) is 52.3 Å². The van der Waals surface area contributed by atoms with Gasteiger partial charge < -0.3 is 14.4 Å². The number of nitrogens with zero attached hydrogens (tertiary/aromatic N) is 2. The normalized spacial score (nSPS) is 18.9. The van der Waals surface area contributed by atoms with Crippen LogP contribution < -0.4 is 9.47 Å². The third-order valence-corrected chi connectivity index (χ3v) is 7.01. The molecule has 1 saturated heterocycles. The Hall–Kier alpha value is -2.38. The Morgan fingerprint density at radius 3 is 2.86 bits per heavy atom. The first kappa shape index (κ1) is 17.7. The molecule has 0 radical (unpaired) electrons. The molecule has 5 rings (SSSR count). The van der Waals surface area contributed by atoms with Gasteiger partial charge in [0.1, 0.15) is 10.7 Å². The Morgan fingerprint density at radius 1 is 1.11 bits per heavy atom. The van der Waals surface area contributed by atoms with Crippen molar-refractivity contribution in [3.63, 3.8) is 0 Å². The first-order valence-electron chi connectivity index (χ1n) is 9.49. The standard InChI is InChI=1S/C21H20N2O3S2/c24-21(15-13-28-20(22-15)19-5-2-11-27-19)23-8-1-4-16(23)14-6-7-17-18(12-14)26-10-3-9-25-17/h2,5-7,11-13,16H,1,3-4,8-10H2/t16-/m0/s1. The maximum absolute atomic E-state index is 13.2. The van der Waals surface area contributed by atoms with E-state index in [1.54, 1.807) is 11.3 Å². The zero-order chi connectivity index (χ0) is 18.9. The third kappa shape index (κ3) is 3.29. The molecular formula is C21H20N2O3S2.